The maximum atomic E-state index is 12.9. The predicted octanol–water partition coefficient (Wildman–Crippen LogP) is 2.30. The van der Waals surface area contributed by atoms with Gasteiger partial charge in [-0.25, -0.2) is 17.5 Å². The van der Waals surface area contributed by atoms with Crippen molar-refractivity contribution in [2.24, 2.45) is 5.92 Å². The summed E-state index contributed by atoms with van der Waals surface area (Å²) in [4.78, 5) is 39.5. The topological polar surface area (TPSA) is 101 Å². The lowest BCUT2D eigenvalue weighted by Gasteiger charge is -2.27. The average molecular weight is 445 g/mol. The van der Waals surface area contributed by atoms with Crippen molar-refractivity contribution in [3.63, 3.8) is 0 Å². The van der Waals surface area contributed by atoms with Crippen LogP contribution in [0.4, 0.5) is 0 Å². The first kappa shape index (κ1) is 22.6. The van der Waals surface area contributed by atoms with Gasteiger partial charge in [0.15, 0.2) is 0 Å². The summed E-state index contributed by atoms with van der Waals surface area (Å²) >= 11 is 0. The van der Waals surface area contributed by atoms with Crippen molar-refractivity contribution >= 4 is 27.8 Å². The summed E-state index contributed by atoms with van der Waals surface area (Å²) in [5, 5.41) is 0. The molecule has 1 heterocycles. The molecular formula is C22H24N2O6S. The molecule has 164 valence electrons. The standard InChI is InChI=1S/C22H24N2O6S/c1-14(2)19(24-20(25)17-10-5-6-11-18(17)21(24)26)22(27)30-13-15-8-7-9-16(12-15)31(28,29)23(3)4/h5-12,14,19H,13H2,1-4H3/t19-/m0/s1. The van der Waals surface area contributed by atoms with E-state index in [9.17, 15) is 22.8 Å². The molecule has 0 aliphatic carbocycles. The Bertz CT molecular complexity index is 1110. The number of carbonyl (C=O) groups excluding carboxylic acids is 3. The number of sulfonamides is 1. The molecule has 2 aromatic rings. The first-order chi connectivity index (χ1) is 14.6. The van der Waals surface area contributed by atoms with Crippen LogP contribution >= 0.6 is 0 Å². The van der Waals surface area contributed by atoms with Gasteiger partial charge in [0.1, 0.15) is 12.6 Å². The van der Waals surface area contributed by atoms with Gasteiger partial charge in [-0.3, -0.25) is 14.5 Å². The number of rotatable bonds is 7. The van der Waals surface area contributed by atoms with Crippen LogP contribution in [-0.4, -0.2) is 55.5 Å². The number of hydrogen-bond donors (Lipinski definition) is 0. The molecule has 2 amide bonds. The number of nitrogens with zero attached hydrogens (tertiary/aromatic N) is 2. The minimum absolute atomic E-state index is 0.0757. The van der Waals surface area contributed by atoms with Crippen molar-refractivity contribution in [1.82, 2.24) is 9.21 Å². The number of fused-ring (bicyclic) bond motifs is 1. The fourth-order valence-corrected chi connectivity index (χ4v) is 4.36. The van der Waals surface area contributed by atoms with Crippen molar-refractivity contribution in [2.45, 2.75) is 31.4 Å². The second kappa shape index (κ2) is 8.60. The van der Waals surface area contributed by atoms with Crippen LogP contribution in [0, 0.1) is 5.92 Å². The van der Waals surface area contributed by atoms with E-state index in [1.54, 1.807) is 50.2 Å². The summed E-state index contributed by atoms with van der Waals surface area (Å²) in [5.74, 6) is -2.17. The van der Waals surface area contributed by atoms with E-state index in [0.29, 0.717) is 5.56 Å². The quantitative estimate of drug-likeness (QED) is 0.480. The van der Waals surface area contributed by atoms with Gasteiger partial charge in [-0.1, -0.05) is 38.1 Å². The zero-order chi connectivity index (χ0) is 22.9. The fraction of sp³-hybridized carbons (Fsp3) is 0.318. The molecule has 1 atom stereocenters. The third kappa shape index (κ3) is 4.24. The third-order valence-corrected chi connectivity index (χ3v) is 6.85. The SMILES string of the molecule is CC(C)[C@@H](C(=O)OCc1cccc(S(=O)(=O)N(C)C)c1)N1C(=O)c2ccccc2C1=O. The van der Waals surface area contributed by atoms with Crippen molar-refractivity contribution in [3.8, 4) is 0 Å². The molecule has 0 bridgehead atoms. The van der Waals surface area contributed by atoms with E-state index in [1.807, 2.05) is 0 Å². The van der Waals surface area contributed by atoms with Crippen molar-refractivity contribution in [3.05, 3.63) is 65.2 Å². The number of benzene rings is 2. The molecule has 8 nitrogen and oxygen atoms in total. The minimum Gasteiger partial charge on any atom is -0.459 e. The predicted molar refractivity (Wildman–Crippen MR) is 113 cm³/mol. The van der Waals surface area contributed by atoms with Gasteiger partial charge >= 0.3 is 5.97 Å². The second-order valence-corrected chi connectivity index (χ2v) is 9.91. The smallest absolute Gasteiger partial charge is 0.329 e. The molecular weight excluding hydrogens is 420 g/mol. The van der Waals surface area contributed by atoms with E-state index in [0.717, 1.165) is 9.21 Å². The molecule has 0 saturated carbocycles. The lowest BCUT2D eigenvalue weighted by atomic mass is 10.0. The van der Waals surface area contributed by atoms with E-state index in [1.165, 1.54) is 26.2 Å². The summed E-state index contributed by atoms with van der Waals surface area (Å²) in [6, 6.07) is 11.4. The largest absolute Gasteiger partial charge is 0.459 e. The van der Waals surface area contributed by atoms with Crippen LogP contribution in [0.15, 0.2) is 53.4 Å². The van der Waals surface area contributed by atoms with E-state index >= 15 is 0 Å². The first-order valence-corrected chi connectivity index (χ1v) is 11.1. The average Bonchev–Trinajstić information content (AvgIpc) is 2.98. The van der Waals surface area contributed by atoms with Gasteiger partial charge in [0, 0.05) is 14.1 Å². The van der Waals surface area contributed by atoms with E-state index in [2.05, 4.69) is 0 Å². The van der Waals surface area contributed by atoms with Crippen LogP contribution in [0.1, 0.15) is 40.1 Å². The van der Waals surface area contributed by atoms with Gasteiger partial charge in [0.25, 0.3) is 11.8 Å². The van der Waals surface area contributed by atoms with Gasteiger partial charge in [-0.2, -0.15) is 0 Å². The van der Waals surface area contributed by atoms with Gasteiger partial charge in [-0.15, -0.1) is 0 Å². The number of hydrogen-bond acceptors (Lipinski definition) is 6. The molecule has 0 spiro atoms. The molecule has 0 N–H and O–H groups in total. The lowest BCUT2D eigenvalue weighted by molar-refractivity contribution is -0.151. The van der Waals surface area contributed by atoms with Gasteiger partial charge in [0.05, 0.1) is 16.0 Å². The number of ether oxygens (including phenoxy) is 1. The first-order valence-electron chi connectivity index (χ1n) is 9.70. The Kier molecular flexibility index (Phi) is 6.28. The Morgan fingerprint density at radius 2 is 1.58 bits per heavy atom. The molecule has 0 unspecified atom stereocenters. The lowest BCUT2D eigenvalue weighted by Crippen LogP contribution is -2.48. The van der Waals surface area contributed by atoms with Crippen LogP contribution in [0.5, 0.6) is 0 Å². The molecule has 31 heavy (non-hydrogen) atoms. The summed E-state index contributed by atoms with van der Waals surface area (Å²) in [7, 11) is -0.775. The number of esters is 1. The number of imide groups is 1. The molecule has 2 aromatic carbocycles. The minimum atomic E-state index is -3.63. The number of carbonyl (C=O) groups is 3. The third-order valence-electron chi connectivity index (χ3n) is 5.03. The van der Waals surface area contributed by atoms with Crippen LogP contribution in [0.3, 0.4) is 0 Å². The van der Waals surface area contributed by atoms with Crippen molar-refractivity contribution in [2.75, 3.05) is 14.1 Å². The number of amides is 2. The Hall–Kier alpha value is -3.04. The summed E-state index contributed by atoms with van der Waals surface area (Å²) in [6.07, 6.45) is 0. The molecule has 1 aliphatic heterocycles. The second-order valence-electron chi connectivity index (χ2n) is 7.76. The van der Waals surface area contributed by atoms with Crippen LogP contribution in [0.2, 0.25) is 0 Å². The molecule has 0 saturated heterocycles. The zero-order valence-electron chi connectivity index (χ0n) is 17.7. The van der Waals surface area contributed by atoms with E-state index in [4.69, 9.17) is 4.74 Å². The van der Waals surface area contributed by atoms with E-state index < -0.39 is 33.8 Å². The normalized spacial score (nSPS) is 14.8. The molecule has 0 radical (unpaired) electrons. The van der Waals surface area contributed by atoms with E-state index in [-0.39, 0.29) is 28.5 Å². The van der Waals surface area contributed by atoms with Crippen LogP contribution in [-0.2, 0) is 26.2 Å². The highest BCUT2D eigenvalue weighted by atomic mass is 32.2. The van der Waals surface area contributed by atoms with Gasteiger partial charge in [-0.05, 0) is 35.7 Å². The summed E-state index contributed by atoms with van der Waals surface area (Å²) < 4.78 is 31.1. The maximum absolute atomic E-state index is 12.9. The summed E-state index contributed by atoms with van der Waals surface area (Å²) in [6.45, 7) is 3.25. The monoisotopic (exact) mass is 444 g/mol. The van der Waals surface area contributed by atoms with Crippen molar-refractivity contribution in [1.29, 1.82) is 0 Å². The Balaban J connectivity index is 1.79. The highest BCUT2D eigenvalue weighted by molar-refractivity contribution is 7.89. The molecule has 9 heteroatoms. The van der Waals surface area contributed by atoms with Gasteiger partial charge in [0.2, 0.25) is 10.0 Å². The molecule has 3 rings (SSSR count). The Morgan fingerprint density at radius 1 is 1.00 bits per heavy atom. The zero-order valence-corrected chi connectivity index (χ0v) is 18.5. The van der Waals surface area contributed by atoms with Crippen LogP contribution < -0.4 is 0 Å². The Morgan fingerprint density at radius 3 is 2.10 bits per heavy atom. The Labute approximate surface area is 181 Å². The highest BCUT2D eigenvalue weighted by Crippen LogP contribution is 2.28. The maximum Gasteiger partial charge on any atom is 0.329 e. The molecule has 1 aliphatic rings. The fourth-order valence-electron chi connectivity index (χ4n) is 3.38. The van der Waals surface area contributed by atoms with Crippen molar-refractivity contribution < 1.29 is 27.5 Å². The molecule has 0 aromatic heterocycles. The molecule has 0 fully saturated rings. The summed E-state index contributed by atoms with van der Waals surface area (Å²) in [5.41, 5.74) is 0.987. The van der Waals surface area contributed by atoms with Crippen LogP contribution in [0.25, 0.3) is 0 Å². The highest BCUT2D eigenvalue weighted by Gasteiger charge is 2.44. The van der Waals surface area contributed by atoms with Gasteiger partial charge < -0.3 is 4.74 Å².